The Labute approximate surface area is 129 Å². The molecular weight excluding hydrogens is 252 g/mol. The van der Waals surface area contributed by atoms with Crippen LogP contribution < -0.4 is 0 Å². The Morgan fingerprint density at radius 2 is 1.52 bits per heavy atom. The third kappa shape index (κ3) is 4.90. The molecule has 0 fully saturated rings. The molecule has 0 saturated heterocycles. The van der Waals surface area contributed by atoms with Crippen LogP contribution in [0.2, 0.25) is 0 Å². The van der Waals surface area contributed by atoms with Gasteiger partial charge in [-0.3, -0.25) is 0 Å². The normalized spacial score (nSPS) is 13.0. The molecule has 1 atom stereocenters. The molecule has 0 saturated carbocycles. The Morgan fingerprint density at radius 3 is 2.24 bits per heavy atom. The van der Waals surface area contributed by atoms with Crippen LogP contribution in [0.1, 0.15) is 55.7 Å². The van der Waals surface area contributed by atoms with E-state index in [0.29, 0.717) is 11.8 Å². The number of hydrogen-bond acceptors (Lipinski definition) is 0. The van der Waals surface area contributed by atoms with Crippen LogP contribution in [0.4, 0.5) is 0 Å². The quantitative estimate of drug-likeness (QED) is 0.560. The molecule has 0 aliphatic carbocycles. The molecule has 0 bridgehead atoms. The fourth-order valence-electron chi connectivity index (χ4n) is 2.49. The first-order chi connectivity index (χ1) is 10.2. The lowest BCUT2D eigenvalue weighted by Gasteiger charge is -2.13. The zero-order chi connectivity index (χ0) is 15.1. The first kappa shape index (κ1) is 15.6. The molecule has 0 aliphatic heterocycles. The standard InChI is InChI=1S/C21H26/c1-17(2)20-14-9-15-21(16-20)18(3)10-7-8-13-19-11-5-4-6-12-19/h4-9,11-12,14-18H,10,13H2,1-3H3/b8-7+. The summed E-state index contributed by atoms with van der Waals surface area (Å²) in [7, 11) is 0. The van der Waals surface area contributed by atoms with Crippen LogP contribution in [0.25, 0.3) is 0 Å². The van der Waals surface area contributed by atoms with Crippen LogP contribution in [-0.4, -0.2) is 0 Å². The second-order valence-corrected chi connectivity index (χ2v) is 6.12. The average Bonchev–Trinajstić information content (AvgIpc) is 2.52. The van der Waals surface area contributed by atoms with E-state index in [1.54, 1.807) is 0 Å². The monoisotopic (exact) mass is 278 g/mol. The van der Waals surface area contributed by atoms with Crippen LogP contribution in [-0.2, 0) is 6.42 Å². The van der Waals surface area contributed by atoms with Gasteiger partial charge in [0.05, 0.1) is 0 Å². The second-order valence-electron chi connectivity index (χ2n) is 6.12. The van der Waals surface area contributed by atoms with E-state index in [9.17, 15) is 0 Å². The molecule has 0 nitrogen and oxygen atoms in total. The summed E-state index contributed by atoms with van der Waals surface area (Å²) >= 11 is 0. The molecule has 0 heterocycles. The number of rotatable bonds is 6. The van der Waals surface area contributed by atoms with Crippen molar-refractivity contribution in [1.82, 2.24) is 0 Å². The molecule has 2 aromatic carbocycles. The van der Waals surface area contributed by atoms with Gasteiger partial charge in [0.15, 0.2) is 0 Å². The maximum absolute atomic E-state index is 2.36. The van der Waals surface area contributed by atoms with Gasteiger partial charge in [-0.05, 0) is 41.4 Å². The number of hydrogen-bond donors (Lipinski definition) is 0. The summed E-state index contributed by atoms with van der Waals surface area (Å²) in [5.41, 5.74) is 4.27. The van der Waals surface area contributed by atoms with Crippen molar-refractivity contribution in [2.75, 3.05) is 0 Å². The first-order valence-electron chi connectivity index (χ1n) is 7.95. The minimum atomic E-state index is 0.579. The fraction of sp³-hybridized carbons (Fsp3) is 0.333. The molecule has 110 valence electrons. The predicted octanol–water partition coefficient (Wildman–Crippen LogP) is 6.10. The Kier molecular flexibility index (Phi) is 5.80. The average molecular weight is 278 g/mol. The molecule has 1 unspecified atom stereocenters. The van der Waals surface area contributed by atoms with Gasteiger partial charge in [-0.2, -0.15) is 0 Å². The topological polar surface area (TPSA) is 0 Å². The molecule has 2 rings (SSSR count). The van der Waals surface area contributed by atoms with E-state index in [1.165, 1.54) is 16.7 Å². The Morgan fingerprint density at radius 1 is 0.810 bits per heavy atom. The maximum atomic E-state index is 2.36. The zero-order valence-electron chi connectivity index (χ0n) is 13.4. The summed E-state index contributed by atoms with van der Waals surface area (Å²) in [6.45, 7) is 6.82. The van der Waals surface area contributed by atoms with Gasteiger partial charge >= 0.3 is 0 Å². The summed E-state index contributed by atoms with van der Waals surface area (Å²) in [6, 6.07) is 19.7. The van der Waals surface area contributed by atoms with Gasteiger partial charge in [0.1, 0.15) is 0 Å². The molecule has 2 aromatic rings. The van der Waals surface area contributed by atoms with Gasteiger partial charge in [0.25, 0.3) is 0 Å². The second kappa shape index (κ2) is 7.83. The largest absolute Gasteiger partial charge is 0.0876 e. The summed E-state index contributed by atoms with van der Waals surface area (Å²) < 4.78 is 0. The van der Waals surface area contributed by atoms with Crippen molar-refractivity contribution in [3.63, 3.8) is 0 Å². The Bertz CT molecular complexity index is 564. The van der Waals surface area contributed by atoms with Crippen LogP contribution in [0.5, 0.6) is 0 Å². The van der Waals surface area contributed by atoms with Gasteiger partial charge in [0.2, 0.25) is 0 Å². The van der Waals surface area contributed by atoms with Crippen LogP contribution >= 0.6 is 0 Å². The van der Waals surface area contributed by atoms with Crippen molar-refractivity contribution in [2.24, 2.45) is 0 Å². The van der Waals surface area contributed by atoms with Crippen LogP contribution in [0.3, 0.4) is 0 Å². The van der Waals surface area contributed by atoms with Gasteiger partial charge in [-0.1, -0.05) is 87.5 Å². The lowest BCUT2D eigenvalue weighted by molar-refractivity contribution is 0.771. The zero-order valence-corrected chi connectivity index (χ0v) is 13.4. The van der Waals surface area contributed by atoms with E-state index >= 15 is 0 Å². The van der Waals surface area contributed by atoms with Crippen molar-refractivity contribution >= 4 is 0 Å². The molecule has 0 aliphatic rings. The van der Waals surface area contributed by atoms with Gasteiger partial charge in [0, 0.05) is 0 Å². The lowest BCUT2D eigenvalue weighted by Crippen LogP contribution is -1.95. The summed E-state index contributed by atoms with van der Waals surface area (Å²) in [6.07, 6.45) is 6.74. The molecule has 21 heavy (non-hydrogen) atoms. The van der Waals surface area contributed by atoms with E-state index in [2.05, 4.69) is 87.5 Å². The predicted molar refractivity (Wildman–Crippen MR) is 92.8 cm³/mol. The minimum absolute atomic E-state index is 0.579. The van der Waals surface area contributed by atoms with Crippen LogP contribution in [0.15, 0.2) is 66.7 Å². The first-order valence-corrected chi connectivity index (χ1v) is 7.95. The SMILES string of the molecule is CC(C)c1cccc(C(C)C/C=C/Cc2ccccc2)c1. The molecule has 0 aromatic heterocycles. The molecule has 0 spiro atoms. The van der Waals surface area contributed by atoms with Crippen LogP contribution in [0, 0.1) is 0 Å². The van der Waals surface area contributed by atoms with Crippen molar-refractivity contribution in [3.05, 3.63) is 83.4 Å². The Balaban J connectivity index is 1.89. The smallest absolute Gasteiger partial charge is 0.00975 e. The summed E-state index contributed by atoms with van der Waals surface area (Å²) in [5, 5.41) is 0. The molecule has 0 heteroatoms. The van der Waals surface area contributed by atoms with E-state index in [4.69, 9.17) is 0 Å². The summed E-state index contributed by atoms with van der Waals surface area (Å²) in [5.74, 6) is 1.18. The van der Waals surface area contributed by atoms with E-state index in [1.807, 2.05) is 0 Å². The molecule has 0 N–H and O–H groups in total. The summed E-state index contributed by atoms with van der Waals surface area (Å²) in [4.78, 5) is 0. The van der Waals surface area contributed by atoms with E-state index in [-0.39, 0.29) is 0 Å². The van der Waals surface area contributed by atoms with Crippen molar-refractivity contribution in [3.8, 4) is 0 Å². The molecule has 0 radical (unpaired) electrons. The minimum Gasteiger partial charge on any atom is -0.0876 e. The van der Waals surface area contributed by atoms with Gasteiger partial charge in [-0.25, -0.2) is 0 Å². The highest BCUT2D eigenvalue weighted by Gasteiger charge is 2.06. The highest BCUT2D eigenvalue weighted by molar-refractivity contribution is 5.28. The Hall–Kier alpha value is -1.82. The fourth-order valence-corrected chi connectivity index (χ4v) is 2.49. The third-order valence-electron chi connectivity index (χ3n) is 4.00. The van der Waals surface area contributed by atoms with Crippen molar-refractivity contribution in [2.45, 2.75) is 45.4 Å². The molecular formula is C21H26. The van der Waals surface area contributed by atoms with E-state index < -0.39 is 0 Å². The van der Waals surface area contributed by atoms with Crippen molar-refractivity contribution < 1.29 is 0 Å². The number of allylic oxidation sites excluding steroid dienone is 2. The number of benzene rings is 2. The van der Waals surface area contributed by atoms with E-state index in [0.717, 1.165) is 12.8 Å². The lowest BCUT2D eigenvalue weighted by atomic mass is 9.93. The highest BCUT2D eigenvalue weighted by atomic mass is 14.1. The highest BCUT2D eigenvalue weighted by Crippen LogP contribution is 2.23. The van der Waals surface area contributed by atoms with Gasteiger partial charge in [-0.15, -0.1) is 0 Å². The van der Waals surface area contributed by atoms with Crippen molar-refractivity contribution in [1.29, 1.82) is 0 Å². The van der Waals surface area contributed by atoms with Gasteiger partial charge < -0.3 is 0 Å². The maximum Gasteiger partial charge on any atom is -0.00975 e. The molecule has 0 amide bonds. The third-order valence-corrected chi connectivity index (χ3v) is 4.00.